The zero-order valence-electron chi connectivity index (χ0n) is 13.8. The lowest BCUT2D eigenvalue weighted by Gasteiger charge is -2.09. The maximum Gasteiger partial charge on any atom is 0.344 e. The van der Waals surface area contributed by atoms with E-state index in [-0.39, 0.29) is 18.2 Å². The van der Waals surface area contributed by atoms with Gasteiger partial charge in [-0.1, -0.05) is 6.07 Å². The van der Waals surface area contributed by atoms with Gasteiger partial charge in [-0.25, -0.2) is 4.79 Å². The molecule has 0 heterocycles. The Hall–Kier alpha value is -2.08. The number of hydrogen-bond acceptors (Lipinski definition) is 5. The van der Waals surface area contributed by atoms with Crippen LogP contribution >= 0.6 is 22.6 Å². The van der Waals surface area contributed by atoms with Gasteiger partial charge in [0.15, 0.2) is 6.61 Å². The first-order chi connectivity index (χ1) is 11.4. The van der Waals surface area contributed by atoms with Crippen molar-refractivity contribution in [3.05, 3.63) is 32.9 Å². The Kier molecular flexibility index (Phi) is 8.26. The summed E-state index contributed by atoms with van der Waals surface area (Å²) < 4.78 is 10.9. The Morgan fingerprint density at radius 3 is 2.67 bits per heavy atom. The number of amides is 1. The Labute approximate surface area is 155 Å². The van der Waals surface area contributed by atoms with Crippen LogP contribution in [0.1, 0.15) is 26.3 Å². The van der Waals surface area contributed by atoms with Gasteiger partial charge in [0.05, 0.1) is 10.2 Å². The largest absolute Gasteiger partial charge is 0.481 e. The van der Waals surface area contributed by atoms with E-state index in [1.54, 1.807) is 25.1 Å². The van der Waals surface area contributed by atoms with Crippen LogP contribution < -0.4 is 10.1 Å². The molecule has 0 saturated carbocycles. The zero-order valence-corrected chi connectivity index (χ0v) is 15.9. The molecule has 0 aliphatic rings. The van der Waals surface area contributed by atoms with Crippen molar-refractivity contribution in [3.8, 4) is 11.8 Å². The number of benzene rings is 1. The number of rotatable bonds is 7. The number of carbonyl (C=O) groups excluding carboxylic acids is 2. The summed E-state index contributed by atoms with van der Waals surface area (Å²) in [6.45, 7) is 5.51. The number of carbonyl (C=O) groups is 2. The van der Waals surface area contributed by atoms with Crippen molar-refractivity contribution in [1.82, 2.24) is 5.32 Å². The van der Waals surface area contributed by atoms with E-state index in [2.05, 4.69) is 27.9 Å². The third-order valence-electron chi connectivity index (χ3n) is 2.70. The minimum absolute atomic E-state index is 0.0275. The Bertz CT molecular complexity index is 678. The molecule has 0 aliphatic heterocycles. The van der Waals surface area contributed by atoms with Crippen LogP contribution in [0, 0.1) is 14.9 Å². The van der Waals surface area contributed by atoms with Gasteiger partial charge in [-0.2, -0.15) is 5.26 Å². The molecule has 1 aromatic carbocycles. The molecule has 1 N–H and O–H groups in total. The van der Waals surface area contributed by atoms with Crippen LogP contribution in [-0.4, -0.2) is 31.1 Å². The number of nitrogens with one attached hydrogen (secondary N) is 1. The number of ether oxygens (including phenoxy) is 2. The second-order valence-corrected chi connectivity index (χ2v) is 6.24. The summed E-state index contributed by atoms with van der Waals surface area (Å²) >= 11 is 2.06. The molecule has 24 heavy (non-hydrogen) atoms. The second kappa shape index (κ2) is 9.93. The summed E-state index contributed by atoms with van der Waals surface area (Å²) in [7, 11) is 0. The summed E-state index contributed by atoms with van der Waals surface area (Å²) in [4.78, 5) is 23.2. The minimum Gasteiger partial charge on any atom is -0.481 e. The van der Waals surface area contributed by atoms with E-state index >= 15 is 0 Å². The highest BCUT2D eigenvalue weighted by Crippen LogP contribution is 2.23. The van der Waals surface area contributed by atoms with Crippen LogP contribution in [0.4, 0.5) is 0 Å². The fourth-order valence-electron chi connectivity index (χ4n) is 1.72. The van der Waals surface area contributed by atoms with Crippen molar-refractivity contribution in [1.29, 1.82) is 5.26 Å². The number of hydrogen-bond donors (Lipinski definition) is 1. The van der Waals surface area contributed by atoms with E-state index in [4.69, 9.17) is 14.7 Å². The lowest BCUT2D eigenvalue weighted by molar-refractivity contribution is -0.145. The highest BCUT2D eigenvalue weighted by Gasteiger charge is 2.11. The van der Waals surface area contributed by atoms with E-state index in [0.29, 0.717) is 17.9 Å². The van der Waals surface area contributed by atoms with Crippen molar-refractivity contribution in [3.63, 3.8) is 0 Å². The lowest BCUT2D eigenvalue weighted by Crippen LogP contribution is -2.30. The van der Waals surface area contributed by atoms with Crippen molar-refractivity contribution < 1.29 is 19.1 Å². The standard InChI is InChI=1S/C17H19IN2O4/c1-4-23-16(21)10-24-15-6-5-12(8-14(15)18)7-13(9-19)17(22)20-11(2)3/h5-8,11H,4,10H2,1-3H3,(H,20,22)/b13-7-. The molecule has 128 valence electrons. The van der Waals surface area contributed by atoms with Gasteiger partial charge in [-0.05, 0) is 67.1 Å². The molecular formula is C17H19IN2O4. The SMILES string of the molecule is CCOC(=O)COc1ccc(/C=C(/C#N)C(=O)NC(C)C)cc1I. The molecular weight excluding hydrogens is 423 g/mol. The quantitative estimate of drug-likeness (QED) is 0.304. The van der Waals surface area contributed by atoms with Gasteiger partial charge in [-0.15, -0.1) is 0 Å². The average Bonchev–Trinajstić information content (AvgIpc) is 2.51. The van der Waals surface area contributed by atoms with E-state index in [0.717, 1.165) is 3.57 Å². The molecule has 0 radical (unpaired) electrons. The molecule has 0 spiro atoms. The fourth-order valence-corrected chi connectivity index (χ4v) is 2.41. The highest BCUT2D eigenvalue weighted by molar-refractivity contribution is 14.1. The fraction of sp³-hybridized carbons (Fsp3) is 0.353. The van der Waals surface area contributed by atoms with Gasteiger partial charge in [0, 0.05) is 6.04 Å². The molecule has 7 heteroatoms. The predicted molar refractivity (Wildman–Crippen MR) is 98.2 cm³/mol. The molecule has 0 atom stereocenters. The van der Waals surface area contributed by atoms with Gasteiger partial charge >= 0.3 is 5.97 Å². The summed E-state index contributed by atoms with van der Waals surface area (Å²) in [5.74, 6) is -0.314. The van der Waals surface area contributed by atoms with Crippen molar-refractivity contribution in [2.75, 3.05) is 13.2 Å². The molecule has 1 rings (SSSR count). The molecule has 1 amide bonds. The number of esters is 1. The van der Waals surface area contributed by atoms with Crippen LogP contribution in [-0.2, 0) is 14.3 Å². The second-order valence-electron chi connectivity index (χ2n) is 5.08. The molecule has 1 aromatic rings. The van der Waals surface area contributed by atoms with Crippen LogP contribution in [0.25, 0.3) is 6.08 Å². The summed E-state index contributed by atoms with van der Waals surface area (Å²) in [5.41, 5.74) is 0.720. The van der Waals surface area contributed by atoms with E-state index in [1.165, 1.54) is 6.08 Å². The van der Waals surface area contributed by atoms with E-state index < -0.39 is 11.9 Å². The summed E-state index contributed by atoms with van der Waals surface area (Å²) in [5, 5.41) is 11.8. The summed E-state index contributed by atoms with van der Waals surface area (Å²) in [6, 6.07) is 7.01. The maximum absolute atomic E-state index is 11.9. The Balaban J connectivity index is 2.86. The number of nitriles is 1. The van der Waals surface area contributed by atoms with Gasteiger partial charge in [0.2, 0.25) is 0 Å². The molecule has 0 unspecified atom stereocenters. The Morgan fingerprint density at radius 2 is 2.12 bits per heavy atom. The number of nitrogens with zero attached hydrogens (tertiary/aromatic N) is 1. The monoisotopic (exact) mass is 442 g/mol. The predicted octanol–water partition coefficient (Wildman–Crippen LogP) is 2.66. The molecule has 0 bridgehead atoms. The third kappa shape index (κ3) is 6.58. The van der Waals surface area contributed by atoms with Gasteiger partial charge in [-0.3, -0.25) is 4.79 Å². The average molecular weight is 442 g/mol. The van der Waals surface area contributed by atoms with Crippen molar-refractivity contribution >= 4 is 40.5 Å². The van der Waals surface area contributed by atoms with Gasteiger partial charge in [0.1, 0.15) is 17.4 Å². The molecule has 0 aliphatic carbocycles. The van der Waals surface area contributed by atoms with Crippen LogP contribution in [0.2, 0.25) is 0 Å². The smallest absolute Gasteiger partial charge is 0.344 e. The molecule has 6 nitrogen and oxygen atoms in total. The maximum atomic E-state index is 11.9. The minimum atomic E-state index is -0.436. The first-order valence-electron chi connectivity index (χ1n) is 7.38. The van der Waals surface area contributed by atoms with Crippen LogP contribution in [0.5, 0.6) is 5.75 Å². The Morgan fingerprint density at radius 1 is 1.42 bits per heavy atom. The first kappa shape index (κ1) is 20.0. The first-order valence-corrected chi connectivity index (χ1v) is 8.45. The number of halogens is 1. The van der Waals surface area contributed by atoms with E-state index in [1.807, 2.05) is 19.9 Å². The molecule has 0 fully saturated rings. The zero-order chi connectivity index (χ0) is 18.1. The third-order valence-corrected chi connectivity index (χ3v) is 3.55. The van der Waals surface area contributed by atoms with Crippen molar-refractivity contribution in [2.45, 2.75) is 26.8 Å². The molecule has 0 saturated heterocycles. The molecule has 0 aromatic heterocycles. The highest BCUT2D eigenvalue weighted by atomic mass is 127. The van der Waals surface area contributed by atoms with Crippen LogP contribution in [0.3, 0.4) is 0 Å². The van der Waals surface area contributed by atoms with Crippen LogP contribution in [0.15, 0.2) is 23.8 Å². The normalized spacial score (nSPS) is 10.9. The summed E-state index contributed by atoms with van der Waals surface area (Å²) in [6.07, 6.45) is 1.51. The van der Waals surface area contributed by atoms with E-state index in [9.17, 15) is 9.59 Å². The van der Waals surface area contributed by atoms with Crippen molar-refractivity contribution in [2.24, 2.45) is 0 Å². The topological polar surface area (TPSA) is 88.4 Å². The lowest BCUT2D eigenvalue weighted by atomic mass is 10.1. The van der Waals surface area contributed by atoms with Gasteiger partial charge < -0.3 is 14.8 Å². The van der Waals surface area contributed by atoms with Gasteiger partial charge in [0.25, 0.3) is 5.91 Å².